The summed E-state index contributed by atoms with van der Waals surface area (Å²) in [7, 11) is 0. The highest BCUT2D eigenvalue weighted by Gasteiger charge is 2.40. The summed E-state index contributed by atoms with van der Waals surface area (Å²) in [6, 6.07) is 0. The van der Waals surface area contributed by atoms with Gasteiger partial charge in [-0.15, -0.1) is 23.5 Å². The molecule has 0 aromatic heterocycles. The van der Waals surface area contributed by atoms with Crippen LogP contribution in [0.3, 0.4) is 0 Å². The van der Waals surface area contributed by atoms with Crippen LogP contribution >= 0.6 is 23.5 Å². The Kier molecular flexibility index (Phi) is 2.08. The van der Waals surface area contributed by atoms with Gasteiger partial charge in [-0.25, -0.2) is 0 Å². The number of thioether (sulfide) groups is 2. The van der Waals surface area contributed by atoms with Crippen molar-refractivity contribution in [3.63, 3.8) is 0 Å². The molecule has 0 radical (unpaired) electrons. The first-order valence-corrected chi connectivity index (χ1v) is 6.17. The fourth-order valence-electron chi connectivity index (χ4n) is 1.52. The lowest BCUT2D eigenvalue weighted by Crippen LogP contribution is -2.13. The predicted molar refractivity (Wildman–Crippen MR) is 59.1 cm³/mol. The molecule has 0 aromatic rings. The van der Waals surface area contributed by atoms with Crippen molar-refractivity contribution in [2.45, 2.75) is 25.4 Å². The molecule has 0 saturated carbocycles. The van der Waals surface area contributed by atoms with Gasteiger partial charge in [0.05, 0.1) is 4.58 Å². The lowest BCUT2D eigenvalue weighted by Gasteiger charge is -2.18. The highest BCUT2D eigenvalue weighted by Crippen LogP contribution is 2.56. The monoisotopic (exact) mass is 198 g/mol. The molecule has 2 aliphatic rings. The Labute approximate surface area is 82.9 Å². The standard InChI is InChI=1S/C10H14S2/c1-7(2)8-6-10(3)4-5-11-9(10)12-8/h4-7,9H,1-3H3. The topological polar surface area (TPSA) is 0 Å². The SMILES string of the molecule is CC(C)C1=CC2(C)C=CSC2S1. The molecule has 2 rings (SSSR count). The van der Waals surface area contributed by atoms with Crippen LogP contribution in [0.2, 0.25) is 0 Å². The summed E-state index contributed by atoms with van der Waals surface area (Å²) in [6.45, 7) is 6.88. The van der Waals surface area contributed by atoms with Crippen molar-refractivity contribution < 1.29 is 0 Å². The highest BCUT2D eigenvalue weighted by molar-refractivity contribution is 8.20. The van der Waals surface area contributed by atoms with E-state index < -0.39 is 0 Å². The molecule has 0 nitrogen and oxygen atoms in total. The Bertz CT molecular complexity index is 253. The molecule has 0 amide bonds. The van der Waals surface area contributed by atoms with E-state index in [1.165, 1.54) is 0 Å². The maximum atomic E-state index is 2.45. The normalized spacial score (nSPS) is 39.0. The molecular formula is C10H14S2. The van der Waals surface area contributed by atoms with Crippen LogP contribution in [0.4, 0.5) is 0 Å². The van der Waals surface area contributed by atoms with Crippen LogP contribution in [0.1, 0.15) is 20.8 Å². The lowest BCUT2D eigenvalue weighted by molar-refractivity contribution is 0.626. The lowest BCUT2D eigenvalue weighted by atomic mass is 9.92. The average molecular weight is 198 g/mol. The first-order valence-electron chi connectivity index (χ1n) is 4.34. The van der Waals surface area contributed by atoms with Crippen LogP contribution in [-0.4, -0.2) is 4.58 Å². The molecule has 2 atom stereocenters. The van der Waals surface area contributed by atoms with Crippen molar-refractivity contribution in [3.05, 3.63) is 22.5 Å². The van der Waals surface area contributed by atoms with Crippen LogP contribution in [0.15, 0.2) is 22.5 Å². The molecule has 0 fully saturated rings. The van der Waals surface area contributed by atoms with Crippen LogP contribution in [0, 0.1) is 11.3 Å². The maximum Gasteiger partial charge on any atom is 0.0710 e. The first-order chi connectivity index (χ1) is 5.62. The molecule has 0 N–H and O–H groups in total. The molecule has 0 saturated heterocycles. The molecule has 12 heavy (non-hydrogen) atoms. The molecule has 2 heterocycles. The van der Waals surface area contributed by atoms with E-state index in [0.29, 0.717) is 11.3 Å². The summed E-state index contributed by atoms with van der Waals surface area (Å²) >= 11 is 4.01. The molecule has 0 aromatic carbocycles. The minimum atomic E-state index is 0.342. The smallest absolute Gasteiger partial charge is 0.0710 e. The van der Waals surface area contributed by atoms with Crippen LogP contribution in [0.25, 0.3) is 0 Å². The van der Waals surface area contributed by atoms with Gasteiger partial charge in [-0.2, -0.15) is 0 Å². The Morgan fingerprint density at radius 2 is 2.25 bits per heavy atom. The average Bonchev–Trinajstić information content (AvgIpc) is 2.41. The highest BCUT2D eigenvalue weighted by atomic mass is 32.2. The largest absolute Gasteiger partial charge is 0.118 e. The summed E-state index contributed by atoms with van der Waals surface area (Å²) < 4.78 is 0.717. The summed E-state index contributed by atoms with van der Waals surface area (Å²) in [5, 5.41) is 2.24. The maximum absolute atomic E-state index is 2.45. The molecule has 2 unspecified atom stereocenters. The number of fused-ring (bicyclic) bond motifs is 1. The second kappa shape index (κ2) is 2.85. The fraction of sp³-hybridized carbons (Fsp3) is 0.600. The van der Waals surface area contributed by atoms with Gasteiger partial charge in [0.1, 0.15) is 0 Å². The van der Waals surface area contributed by atoms with Crippen LogP contribution < -0.4 is 0 Å². The third-order valence-electron chi connectivity index (χ3n) is 2.40. The van der Waals surface area contributed by atoms with Gasteiger partial charge in [0.2, 0.25) is 0 Å². The summed E-state index contributed by atoms with van der Waals surface area (Å²) in [6.07, 6.45) is 4.79. The molecule has 0 spiro atoms. The first kappa shape index (κ1) is 8.76. The van der Waals surface area contributed by atoms with Crippen molar-refractivity contribution >= 4 is 23.5 Å². The Morgan fingerprint density at radius 3 is 2.83 bits per heavy atom. The van der Waals surface area contributed by atoms with Gasteiger partial charge in [-0.1, -0.05) is 32.9 Å². The van der Waals surface area contributed by atoms with E-state index in [2.05, 4.69) is 38.3 Å². The van der Waals surface area contributed by atoms with Gasteiger partial charge in [-0.05, 0) is 16.2 Å². The zero-order valence-electron chi connectivity index (χ0n) is 7.70. The molecule has 0 aliphatic carbocycles. The molecule has 66 valence electrons. The van der Waals surface area contributed by atoms with Crippen molar-refractivity contribution in [3.8, 4) is 0 Å². The third kappa shape index (κ3) is 1.25. The van der Waals surface area contributed by atoms with Crippen molar-refractivity contribution in [1.29, 1.82) is 0 Å². The van der Waals surface area contributed by atoms with Gasteiger partial charge in [0.25, 0.3) is 0 Å². The van der Waals surface area contributed by atoms with E-state index in [4.69, 9.17) is 0 Å². The van der Waals surface area contributed by atoms with E-state index in [1.807, 2.05) is 23.5 Å². The zero-order chi connectivity index (χ0) is 8.77. The molecule has 2 heteroatoms. The summed E-state index contributed by atoms with van der Waals surface area (Å²) in [5.41, 5.74) is 0.342. The van der Waals surface area contributed by atoms with Crippen LogP contribution in [0.5, 0.6) is 0 Å². The van der Waals surface area contributed by atoms with E-state index in [0.717, 1.165) is 4.58 Å². The van der Waals surface area contributed by atoms with E-state index in [-0.39, 0.29) is 0 Å². The van der Waals surface area contributed by atoms with E-state index in [1.54, 1.807) is 4.91 Å². The van der Waals surface area contributed by atoms with Crippen molar-refractivity contribution in [1.82, 2.24) is 0 Å². The van der Waals surface area contributed by atoms with Crippen molar-refractivity contribution in [2.75, 3.05) is 0 Å². The third-order valence-corrected chi connectivity index (χ3v) is 5.66. The van der Waals surface area contributed by atoms with Crippen molar-refractivity contribution in [2.24, 2.45) is 11.3 Å². The van der Waals surface area contributed by atoms with Gasteiger partial charge in [0, 0.05) is 5.41 Å². The second-order valence-electron chi connectivity index (χ2n) is 3.96. The molecular weight excluding hydrogens is 184 g/mol. The summed E-state index contributed by atoms with van der Waals surface area (Å²) in [5.74, 6) is 0.700. The van der Waals surface area contributed by atoms with Gasteiger partial charge in [0.15, 0.2) is 0 Å². The minimum absolute atomic E-state index is 0.342. The number of hydrogen-bond acceptors (Lipinski definition) is 2. The van der Waals surface area contributed by atoms with Gasteiger partial charge < -0.3 is 0 Å². The minimum Gasteiger partial charge on any atom is -0.118 e. The van der Waals surface area contributed by atoms with Gasteiger partial charge >= 0.3 is 0 Å². The molecule has 0 bridgehead atoms. The van der Waals surface area contributed by atoms with E-state index in [9.17, 15) is 0 Å². The Hall–Kier alpha value is 0.180. The quantitative estimate of drug-likeness (QED) is 0.627. The van der Waals surface area contributed by atoms with Gasteiger partial charge in [-0.3, -0.25) is 0 Å². The predicted octanol–water partition coefficient (Wildman–Crippen LogP) is 3.87. The zero-order valence-corrected chi connectivity index (χ0v) is 9.34. The Balaban J connectivity index is 2.25. The molecule has 2 aliphatic heterocycles. The fourth-order valence-corrected chi connectivity index (χ4v) is 4.46. The number of hydrogen-bond donors (Lipinski definition) is 0. The van der Waals surface area contributed by atoms with E-state index >= 15 is 0 Å². The second-order valence-corrected chi connectivity index (χ2v) is 6.45. The number of allylic oxidation sites excluding steroid dienone is 3. The number of rotatable bonds is 1. The van der Waals surface area contributed by atoms with Crippen LogP contribution in [-0.2, 0) is 0 Å². The Morgan fingerprint density at radius 1 is 1.50 bits per heavy atom. The summed E-state index contributed by atoms with van der Waals surface area (Å²) in [4.78, 5) is 1.57.